The highest BCUT2D eigenvalue weighted by molar-refractivity contribution is 5.97. The highest BCUT2D eigenvalue weighted by Gasteiger charge is 2.30. The number of aromatic nitrogens is 1. The summed E-state index contributed by atoms with van der Waals surface area (Å²) in [6.45, 7) is 0.442. The van der Waals surface area contributed by atoms with E-state index >= 15 is 0 Å². The van der Waals surface area contributed by atoms with Crippen molar-refractivity contribution in [1.82, 2.24) is 4.98 Å². The van der Waals surface area contributed by atoms with Gasteiger partial charge in [-0.25, -0.2) is 9.78 Å². The number of esters is 1. The van der Waals surface area contributed by atoms with Gasteiger partial charge in [-0.3, -0.25) is 4.79 Å². The Morgan fingerprint density at radius 3 is 3.06 bits per heavy atom. The van der Waals surface area contributed by atoms with Crippen molar-refractivity contribution < 1.29 is 19.4 Å². The van der Waals surface area contributed by atoms with Crippen molar-refractivity contribution in [1.29, 1.82) is 0 Å². The smallest absolute Gasteiger partial charge is 0.356 e. The molecule has 0 aliphatic carbocycles. The lowest BCUT2D eigenvalue weighted by Crippen LogP contribution is -2.25. The summed E-state index contributed by atoms with van der Waals surface area (Å²) in [5.74, 6) is -0.648. The molecule has 0 spiro atoms. The van der Waals surface area contributed by atoms with E-state index in [1.807, 2.05) is 0 Å². The normalized spacial score (nSPS) is 19.1. The molecule has 6 heteroatoms. The van der Waals surface area contributed by atoms with Crippen LogP contribution < -0.4 is 4.90 Å². The maximum atomic E-state index is 11.8. The van der Waals surface area contributed by atoms with Crippen LogP contribution in [0.1, 0.15) is 16.9 Å². The van der Waals surface area contributed by atoms with Crippen LogP contribution in [-0.2, 0) is 9.53 Å². The Bertz CT molecular complexity index is 475. The van der Waals surface area contributed by atoms with E-state index in [1.54, 1.807) is 11.0 Å². The standard InChI is InChI=1S/C12H14N2O4/c1-18-12(17)10-5-9(2-3-13-10)14-6-8(7-15)4-11(14)16/h2-3,5,8,15H,4,6-7H2,1H3. The van der Waals surface area contributed by atoms with E-state index in [0.717, 1.165) is 0 Å². The molecule has 1 aliphatic heterocycles. The fourth-order valence-corrected chi connectivity index (χ4v) is 1.96. The van der Waals surface area contributed by atoms with E-state index < -0.39 is 5.97 Å². The number of nitrogens with zero attached hydrogens (tertiary/aromatic N) is 2. The van der Waals surface area contributed by atoms with Crippen molar-refractivity contribution >= 4 is 17.6 Å². The number of amides is 1. The van der Waals surface area contributed by atoms with Crippen molar-refractivity contribution in [2.45, 2.75) is 6.42 Å². The Hall–Kier alpha value is -1.95. The van der Waals surface area contributed by atoms with E-state index in [-0.39, 0.29) is 24.1 Å². The number of anilines is 1. The highest BCUT2D eigenvalue weighted by Crippen LogP contribution is 2.24. The van der Waals surface area contributed by atoms with Gasteiger partial charge in [-0.1, -0.05) is 0 Å². The number of methoxy groups -OCH3 is 1. The third-order valence-electron chi connectivity index (χ3n) is 2.91. The summed E-state index contributed by atoms with van der Waals surface area (Å²) < 4.78 is 4.58. The minimum absolute atomic E-state index is 0.0167. The second-order valence-electron chi connectivity index (χ2n) is 4.15. The molecule has 2 heterocycles. The summed E-state index contributed by atoms with van der Waals surface area (Å²) >= 11 is 0. The van der Waals surface area contributed by atoms with Gasteiger partial charge in [0.2, 0.25) is 5.91 Å². The van der Waals surface area contributed by atoms with Crippen molar-refractivity contribution in [2.24, 2.45) is 5.92 Å². The van der Waals surface area contributed by atoms with E-state index in [2.05, 4.69) is 9.72 Å². The summed E-state index contributed by atoms with van der Waals surface area (Å²) in [5.41, 5.74) is 0.765. The molecule has 0 radical (unpaired) electrons. The summed E-state index contributed by atoms with van der Waals surface area (Å²) in [4.78, 5) is 28.6. The number of pyridine rings is 1. The van der Waals surface area contributed by atoms with Gasteiger partial charge in [-0.15, -0.1) is 0 Å². The van der Waals surface area contributed by atoms with Crippen molar-refractivity contribution in [3.05, 3.63) is 24.0 Å². The number of carbonyl (C=O) groups is 2. The van der Waals surface area contributed by atoms with Crippen LogP contribution in [0, 0.1) is 5.92 Å². The van der Waals surface area contributed by atoms with Crippen LogP contribution in [0.15, 0.2) is 18.3 Å². The van der Waals surface area contributed by atoms with Gasteiger partial charge in [0.05, 0.1) is 7.11 Å². The topological polar surface area (TPSA) is 79.7 Å². The second kappa shape index (κ2) is 5.14. The molecule has 1 atom stereocenters. The first-order valence-electron chi connectivity index (χ1n) is 5.61. The van der Waals surface area contributed by atoms with Crippen molar-refractivity contribution in [3.63, 3.8) is 0 Å². The number of ether oxygens (including phenoxy) is 1. The minimum atomic E-state index is -0.540. The van der Waals surface area contributed by atoms with Gasteiger partial charge in [0.25, 0.3) is 0 Å². The average Bonchev–Trinajstić information content (AvgIpc) is 2.79. The molecule has 1 amide bonds. The third kappa shape index (κ3) is 2.33. The highest BCUT2D eigenvalue weighted by atomic mass is 16.5. The van der Waals surface area contributed by atoms with E-state index in [0.29, 0.717) is 18.7 Å². The molecule has 6 nitrogen and oxygen atoms in total. The van der Waals surface area contributed by atoms with Gasteiger partial charge in [-0.05, 0) is 12.1 Å². The van der Waals surface area contributed by atoms with Crippen LogP contribution in [-0.4, -0.2) is 42.2 Å². The molecule has 1 aromatic rings. The molecule has 0 bridgehead atoms. The fraction of sp³-hybridized carbons (Fsp3) is 0.417. The zero-order valence-electron chi connectivity index (χ0n) is 10.00. The fourth-order valence-electron chi connectivity index (χ4n) is 1.96. The minimum Gasteiger partial charge on any atom is -0.464 e. The van der Waals surface area contributed by atoms with Gasteiger partial charge in [0.1, 0.15) is 5.69 Å². The summed E-state index contributed by atoms with van der Waals surface area (Å²) in [6.07, 6.45) is 1.79. The van der Waals surface area contributed by atoms with Gasteiger partial charge < -0.3 is 14.7 Å². The van der Waals surface area contributed by atoms with E-state index in [1.165, 1.54) is 19.4 Å². The van der Waals surface area contributed by atoms with Crippen LogP contribution in [0.25, 0.3) is 0 Å². The van der Waals surface area contributed by atoms with Crippen LogP contribution in [0.2, 0.25) is 0 Å². The first-order valence-corrected chi connectivity index (χ1v) is 5.61. The number of rotatable bonds is 3. The molecule has 1 N–H and O–H groups in total. The number of hydrogen-bond donors (Lipinski definition) is 1. The maximum Gasteiger partial charge on any atom is 0.356 e. The van der Waals surface area contributed by atoms with E-state index in [4.69, 9.17) is 5.11 Å². The van der Waals surface area contributed by atoms with Crippen LogP contribution in [0.4, 0.5) is 5.69 Å². The Labute approximate surface area is 104 Å². The largest absolute Gasteiger partial charge is 0.464 e. The summed E-state index contributed by atoms with van der Waals surface area (Å²) in [5, 5.41) is 9.06. The lowest BCUT2D eigenvalue weighted by molar-refractivity contribution is -0.117. The van der Waals surface area contributed by atoms with Gasteiger partial charge in [0.15, 0.2) is 0 Å². The lowest BCUT2D eigenvalue weighted by Gasteiger charge is -2.16. The SMILES string of the molecule is COC(=O)c1cc(N2CC(CO)CC2=O)ccn1. The zero-order valence-corrected chi connectivity index (χ0v) is 10.00. The monoisotopic (exact) mass is 250 g/mol. The molecule has 1 aromatic heterocycles. The van der Waals surface area contributed by atoms with Gasteiger partial charge in [0, 0.05) is 37.4 Å². The Morgan fingerprint density at radius 1 is 1.67 bits per heavy atom. The zero-order chi connectivity index (χ0) is 13.1. The van der Waals surface area contributed by atoms with Gasteiger partial charge >= 0.3 is 5.97 Å². The Balaban J connectivity index is 2.24. The second-order valence-corrected chi connectivity index (χ2v) is 4.15. The molecule has 1 fully saturated rings. The summed E-state index contributed by atoms with van der Waals surface area (Å²) in [7, 11) is 1.28. The molecule has 1 unspecified atom stereocenters. The van der Waals surface area contributed by atoms with Crippen molar-refractivity contribution in [3.8, 4) is 0 Å². The molecule has 18 heavy (non-hydrogen) atoms. The first-order chi connectivity index (χ1) is 8.65. The van der Waals surface area contributed by atoms with Crippen molar-refractivity contribution in [2.75, 3.05) is 25.2 Å². The molecular formula is C12H14N2O4. The summed E-state index contributed by atoms with van der Waals surface area (Å²) in [6, 6.07) is 3.17. The predicted molar refractivity (Wildman–Crippen MR) is 63.1 cm³/mol. The number of aliphatic hydroxyl groups excluding tert-OH is 1. The average molecular weight is 250 g/mol. The van der Waals surface area contributed by atoms with Crippen LogP contribution in [0.5, 0.6) is 0 Å². The first kappa shape index (κ1) is 12.5. The predicted octanol–water partition coefficient (Wildman–Crippen LogP) is 0.213. The van der Waals surface area contributed by atoms with Crippen LogP contribution >= 0.6 is 0 Å². The molecule has 1 aliphatic rings. The molecule has 0 aromatic carbocycles. The van der Waals surface area contributed by atoms with Gasteiger partial charge in [-0.2, -0.15) is 0 Å². The number of carbonyl (C=O) groups excluding carboxylic acids is 2. The molecule has 1 saturated heterocycles. The molecule has 96 valence electrons. The third-order valence-corrected chi connectivity index (χ3v) is 2.91. The molecule has 0 saturated carbocycles. The Kier molecular flexibility index (Phi) is 3.57. The number of aliphatic hydroxyl groups is 1. The molecular weight excluding hydrogens is 236 g/mol. The Morgan fingerprint density at radius 2 is 2.44 bits per heavy atom. The quantitative estimate of drug-likeness (QED) is 0.776. The van der Waals surface area contributed by atoms with E-state index in [9.17, 15) is 9.59 Å². The lowest BCUT2D eigenvalue weighted by atomic mass is 10.1. The van der Waals surface area contributed by atoms with Crippen LogP contribution in [0.3, 0.4) is 0 Å². The number of hydrogen-bond acceptors (Lipinski definition) is 5. The molecule has 2 rings (SSSR count). The maximum absolute atomic E-state index is 11.8.